The van der Waals surface area contributed by atoms with Gasteiger partial charge in [-0.3, -0.25) is 14.4 Å². The number of allylic oxidation sites excluding steroid dienone is 1. The van der Waals surface area contributed by atoms with Crippen LogP contribution >= 0.6 is 11.3 Å². The van der Waals surface area contributed by atoms with Gasteiger partial charge in [0.25, 0.3) is 5.91 Å². The quantitative estimate of drug-likeness (QED) is 0.465. The minimum Gasteiger partial charge on any atom is -0.367 e. The third-order valence-corrected chi connectivity index (χ3v) is 9.95. The summed E-state index contributed by atoms with van der Waals surface area (Å²) in [6, 6.07) is 5.19. The van der Waals surface area contributed by atoms with Gasteiger partial charge in [-0.15, -0.1) is 0 Å². The van der Waals surface area contributed by atoms with Gasteiger partial charge in [-0.1, -0.05) is 55.4 Å². The zero-order chi connectivity index (χ0) is 30.1. The summed E-state index contributed by atoms with van der Waals surface area (Å²) in [6.07, 6.45) is 2.30. The van der Waals surface area contributed by atoms with E-state index < -0.39 is 18.0 Å². The first-order valence-corrected chi connectivity index (χ1v) is 15.5. The van der Waals surface area contributed by atoms with Crippen LogP contribution in [0.15, 0.2) is 35.9 Å². The van der Waals surface area contributed by atoms with Crippen LogP contribution in [0.3, 0.4) is 0 Å². The molecule has 1 aromatic carbocycles. The van der Waals surface area contributed by atoms with Crippen LogP contribution < -0.4 is 10.2 Å². The molecule has 2 aromatic rings. The fraction of sp³-hybridized carbons (Fsp3) is 0.548. The molecule has 5 unspecified atom stereocenters. The number of aromatic nitrogens is 1. The summed E-state index contributed by atoms with van der Waals surface area (Å²) in [6.45, 7) is 11.6. The Bertz CT molecular complexity index is 1350. The van der Waals surface area contributed by atoms with Crippen molar-refractivity contribution in [1.82, 2.24) is 20.1 Å². The summed E-state index contributed by atoms with van der Waals surface area (Å²) >= 11 is 1.04. The Hall–Kier alpha value is -3.15. The highest BCUT2D eigenvalue weighted by atomic mass is 32.1. The molecule has 0 spiro atoms. The average Bonchev–Trinajstić information content (AvgIpc) is 3.70. The van der Waals surface area contributed by atoms with E-state index >= 15 is 0 Å². The number of thiazole rings is 1. The number of piperazine rings is 1. The lowest BCUT2D eigenvalue weighted by Gasteiger charge is -2.31. The van der Waals surface area contributed by atoms with Crippen LogP contribution in [0, 0.1) is 17.0 Å². The molecule has 5 atom stereocenters. The minimum atomic E-state index is -0.803. The molecule has 11 heteroatoms. The van der Waals surface area contributed by atoms with E-state index in [0.29, 0.717) is 29.2 Å². The molecule has 2 amide bonds. The number of likely N-dealkylation sites (N-methyl/N-ethyl adjacent to an activating group) is 1. The maximum absolute atomic E-state index is 14.9. The number of rotatable bonds is 8. The summed E-state index contributed by atoms with van der Waals surface area (Å²) in [7, 11) is 2.07. The zero-order valence-electron chi connectivity index (χ0n) is 24.9. The van der Waals surface area contributed by atoms with Crippen LogP contribution in [0.4, 0.5) is 9.52 Å². The zero-order valence-corrected chi connectivity index (χ0v) is 25.7. The molecule has 4 heterocycles. The molecule has 3 aliphatic heterocycles. The average molecular weight is 598 g/mol. The molecule has 1 N–H and O–H groups in total. The molecule has 226 valence electrons. The van der Waals surface area contributed by atoms with Gasteiger partial charge in [-0.05, 0) is 38.9 Å². The first-order chi connectivity index (χ1) is 20.1. The van der Waals surface area contributed by atoms with E-state index in [1.165, 1.54) is 0 Å². The smallest absolute Gasteiger partial charge is 0.251 e. The number of halogens is 1. The second-order valence-corrected chi connectivity index (χ2v) is 12.6. The molecule has 42 heavy (non-hydrogen) atoms. The number of ether oxygens (including phenoxy) is 1. The van der Waals surface area contributed by atoms with Crippen molar-refractivity contribution in [3.05, 3.63) is 46.6 Å². The molecular weight excluding hydrogens is 557 g/mol. The number of carbonyl (C=O) groups excluding carboxylic acids is 3. The Balaban J connectivity index is 1.31. The molecule has 9 nitrogen and oxygen atoms in total. The second-order valence-electron chi connectivity index (χ2n) is 11.6. The van der Waals surface area contributed by atoms with E-state index in [4.69, 9.17) is 4.74 Å². The third kappa shape index (κ3) is 5.87. The second kappa shape index (κ2) is 12.6. The largest absolute Gasteiger partial charge is 0.367 e. The molecule has 0 radical (unpaired) electrons. The highest BCUT2D eigenvalue weighted by molar-refractivity contribution is 7.14. The number of nitrogens with one attached hydrogen (secondary N) is 1. The van der Waals surface area contributed by atoms with Gasteiger partial charge in [0, 0.05) is 49.8 Å². The van der Waals surface area contributed by atoms with Gasteiger partial charge in [-0.25, -0.2) is 4.98 Å². The Labute approximate surface area is 250 Å². The number of benzene rings is 1. The summed E-state index contributed by atoms with van der Waals surface area (Å²) in [5.41, 5.74) is 2.29. The first-order valence-electron chi connectivity index (χ1n) is 14.7. The first kappa shape index (κ1) is 30.3. The van der Waals surface area contributed by atoms with E-state index in [0.717, 1.165) is 43.1 Å². The maximum Gasteiger partial charge on any atom is 0.251 e. The number of hydrogen-bond donors (Lipinski definition) is 1. The monoisotopic (exact) mass is 597 g/mol. The topological polar surface area (TPSA) is 95.1 Å². The molecule has 0 bridgehead atoms. The van der Waals surface area contributed by atoms with Gasteiger partial charge >= 0.3 is 0 Å². The Morgan fingerprint density at radius 1 is 1.21 bits per heavy atom. The molecule has 3 fully saturated rings. The minimum absolute atomic E-state index is 0.00420. The number of ketones is 1. The van der Waals surface area contributed by atoms with Gasteiger partial charge in [0.1, 0.15) is 24.4 Å². The van der Waals surface area contributed by atoms with Crippen molar-refractivity contribution in [1.29, 1.82) is 0 Å². The highest BCUT2D eigenvalue weighted by Crippen LogP contribution is 2.37. The van der Waals surface area contributed by atoms with E-state index in [9.17, 15) is 18.8 Å². The number of amides is 2. The van der Waals surface area contributed by atoms with Gasteiger partial charge in [0.15, 0.2) is 10.9 Å². The lowest BCUT2D eigenvalue weighted by atomic mass is 9.94. The number of carbonyl (C=O) groups is 3. The summed E-state index contributed by atoms with van der Waals surface area (Å²) < 4.78 is 20.7. The van der Waals surface area contributed by atoms with Crippen molar-refractivity contribution in [3.8, 4) is 11.3 Å². The van der Waals surface area contributed by atoms with Gasteiger partial charge in [-0.2, -0.15) is 4.39 Å². The summed E-state index contributed by atoms with van der Waals surface area (Å²) in [5.74, 6) is -0.983. The number of likely N-dealkylation sites (tertiary alicyclic amines) is 1. The van der Waals surface area contributed by atoms with E-state index in [-0.39, 0.29) is 47.1 Å². The van der Waals surface area contributed by atoms with Crippen molar-refractivity contribution < 1.29 is 23.5 Å². The number of Topliss-reactive ketones (excluding diaryl/α,β-unsaturated/α-hetero) is 1. The normalized spacial score (nSPS) is 24.6. The predicted octanol–water partition coefficient (Wildman–Crippen LogP) is 3.61. The lowest BCUT2D eigenvalue weighted by molar-refractivity contribution is -0.139. The van der Waals surface area contributed by atoms with E-state index in [2.05, 4.69) is 27.1 Å². The number of nitrogens with zero attached hydrogens (tertiary/aromatic N) is 4. The molecular formula is C31H40FN5O4S. The van der Waals surface area contributed by atoms with Crippen LogP contribution in [0.25, 0.3) is 11.3 Å². The Morgan fingerprint density at radius 3 is 2.55 bits per heavy atom. The van der Waals surface area contributed by atoms with Crippen LogP contribution in [0.1, 0.15) is 44.5 Å². The van der Waals surface area contributed by atoms with Crippen molar-refractivity contribution in [2.24, 2.45) is 11.8 Å². The molecule has 3 saturated heterocycles. The van der Waals surface area contributed by atoms with Crippen molar-refractivity contribution in [3.63, 3.8) is 0 Å². The molecule has 5 rings (SSSR count). The van der Waals surface area contributed by atoms with Crippen LogP contribution in [-0.2, 0) is 14.3 Å². The number of hydrogen-bond acceptors (Lipinski definition) is 8. The fourth-order valence-electron chi connectivity index (χ4n) is 5.97. The molecule has 0 aliphatic carbocycles. The van der Waals surface area contributed by atoms with Gasteiger partial charge in [0.2, 0.25) is 11.0 Å². The van der Waals surface area contributed by atoms with E-state index in [1.807, 2.05) is 33.8 Å². The van der Waals surface area contributed by atoms with Crippen LogP contribution in [0.2, 0.25) is 0 Å². The third-order valence-electron chi connectivity index (χ3n) is 9.04. The highest BCUT2D eigenvalue weighted by Gasteiger charge is 2.53. The molecule has 3 aliphatic rings. The van der Waals surface area contributed by atoms with Crippen LogP contribution in [0.5, 0.6) is 0 Å². The standard InChI is InChI=1S/C31H40FN5O4S/c1-6-18(3)22-16-37(26-23(38)17-41-27(22)26)30(40)24(19(4)7-2)33-29(39)21-10-8-20(9-11-21)25-28(32)42-31(34-25)36-14-12-35(5)13-15-36/h6,8-11,19,22,24,26-27H,7,12-17H2,1-5H3,(H,33,39). The summed E-state index contributed by atoms with van der Waals surface area (Å²) in [5, 5.41) is 3.24. The fourth-order valence-corrected chi connectivity index (χ4v) is 6.84. The van der Waals surface area contributed by atoms with Gasteiger partial charge < -0.3 is 24.8 Å². The maximum atomic E-state index is 14.9. The van der Waals surface area contributed by atoms with Gasteiger partial charge in [0.05, 0.1) is 6.10 Å². The predicted molar refractivity (Wildman–Crippen MR) is 161 cm³/mol. The van der Waals surface area contributed by atoms with Crippen molar-refractivity contribution in [2.75, 3.05) is 51.3 Å². The summed E-state index contributed by atoms with van der Waals surface area (Å²) in [4.78, 5) is 50.6. The van der Waals surface area contributed by atoms with Crippen LogP contribution in [-0.4, -0.2) is 96.9 Å². The molecule has 1 aromatic heterocycles. The Morgan fingerprint density at radius 2 is 1.90 bits per heavy atom. The molecule has 0 saturated carbocycles. The Kier molecular flexibility index (Phi) is 9.10. The van der Waals surface area contributed by atoms with Crippen molar-refractivity contribution in [2.45, 2.75) is 52.3 Å². The number of anilines is 1. The lowest BCUT2D eigenvalue weighted by Crippen LogP contribution is -2.54. The number of fused-ring (bicyclic) bond motifs is 1. The van der Waals surface area contributed by atoms with E-state index in [1.54, 1.807) is 29.2 Å². The SMILES string of the molecule is CC=C(C)C1CN(C(=O)C(NC(=O)c2ccc(-c3nc(N4CCN(C)CC4)sc3F)cc2)C(C)CC)C2C(=O)COC12. The van der Waals surface area contributed by atoms with Crippen molar-refractivity contribution >= 4 is 34.1 Å².